The van der Waals surface area contributed by atoms with Gasteiger partial charge < -0.3 is 10.8 Å². The van der Waals surface area contributed by atoms with Gasteiger partial charge >= 0.3 is 0 Å². The van der Waals surface area contributed by atoms with Gasteiger partial charge in [0.15, 0.2) is 5.78 Å². The molecule has 0 saturated heterocycles. The zero-order valence-corrected chi connectivity index (χ0v) is 17.7. The van der Waals surface area contributed by atoms with E-state index in [0.717, 1.165) is 11.4 Å². The highest BCUT2D eigenvalue weighted by Crippen LogP contribution is 2.45. The molecular weight excluding hydrogens is 412 g/mol. The number of hydrogen-bond acceptors (Lipinski definition) is 5. The molecule has 4 aromatic rings. The summed E-state index contributed by atoms with van der Waals surface area (Å²) in [5.41, 5.74) is 8.66. The number of halogens is 1. The van der Waals surface area contributed by atoms with E-state index in [4.69, 9.17) is 22.3 Å². The average molecular weight is 433 g/mol. The third-order valence-corrected chi connectivity index (χ3v) is 6.18. The smallest absolute Gasteiger partial charge is 0.194 e. The topological polar surface area (TPSA) is 93.5 Å². The fraction of sp³-hybridized carbons (Fsp3) is 0.208. The van der Waals surface area contributed by atoms with Gasteiger partial charge in [-0.1, -0.05) is 48.0 Å². The number of nitrogens with zero attached hydrogens (tertiary/aromatic N) is 3. The molecule has 0 aliphatic heterocycles. The molecule has 0 spiro atoms. The van der Waals surface area contributed by atoms with Gasteiger partial charge in [0.05, 0.1) is 10.6 Å². The SMILES string of the molecule is C[C@]1(O)C[C@H](c2nc(-c3ccc(C(=O)c4ccccc4)c(Cl)c3)c3c(N)nccn32)C1. The molecule has 2 aromatic heterocycles. The molecule has 2 aromatic carbocycles. The summed E-state index contributed by atoms with van der Waals surface area (Å²) in [5.74, 6) is 1.20. The van der Waals surface area contributed by atoms with Crippen LogP contribution in [0.15, 0.2) is 60.9 Å². The molecule has 6 nitrogen and oxygen atoms in total. The second-order valence-corrected chi connectivity index (χ2v) is 8.75. The number of ketones is 1. The Hall–Kier alpha value is -3.22. The molecule has 0 atom stereocenters. The molecule has 1 saturated carbocycles. The Morgan fingerprint density at radius 1 is 1.23 bits per heavy atom. The minimum absolute atomic E-state index is 0.132. The van der Waals surface area contributed by atoms with Crippen LogP contribution in [0, 0.1) is 0 Å². The molecule has 2 heterocycles. The van der Waals surface area contributed by atoms with Gasteiger partial charge in [-0.25, -0.2) is 9.97 Å². The number of benzene rings is 2. The predicted octanol–water partition coefficient (Wildman–Crippen LogP) is 4.49. The van der Waals surface area contributed by atoms with Crippen molar-refractivity contribution in [2.45, 2.75) is 31.3 Å². The van der Waals surface area contributed by atoms with Gasteiger partial charge in [-0.15, -0.1) is 0 Å². The Morgan fingerprint density at radius 3 is 2.65 bits per heavy atom. The lowest BCUT2D eigenvalue weighted by Crippen LogP contribution is -2.40. The van der Waals surface area contributed by atoms with Crippen molar-refractivity contribution in [2.24, 2.45) is 0 Å². The van der Waals surface area contributed by atoms with Crippen molar-refractivity contribution in [3.63, 3.8) is 0 Å². The quantitative estimate of drug-likeness (QED) is 0.463. The molecule has 0 bridgehead atoms. The first-order valence-corrected chi connectivity index (χ1v) is 10.5. The Bertz CT molecular complexity index is 1310. The van der Waals surface area contributed by atoms with Gasteiger partial charge in [0.1, 0.15) is 22.9 Å². The van der Waals surface area contributed by atoms with Gasteiger partial charge in [0, 0.05) is 35.0 Å². The summed E-state index contributed by atoms with van der Waals surface area (Å²) in [6.45, 7) is 1.83. The minimum Gasteiger partial charge on any atom is -0.390 e. The summed E-state index contributed by atoms with van der Waals surface area (Å²) in [6, 6.07) is 14.3. The summed E-state index contributed by atoms with van der Waals surface area (Å²) >= 11 is 6.52. The van der Waals surface area contributed by atoms with E-state index in [2.05, 4.69) is 4.98 Å². The van der Waals surface area contributed by atoms with Crippen LogP contribution < -0.4 is 5.73 Å². The molecular formula is C24H21ClN4O2. The summed E-state index contributed by atoms with van der Waals surface area (Å²) in [7, 11) is 0. The van der Waals surface area contributed by atoms with E-state index >= 15 is 0 Å². The highest BCUT2D eigenvalue weighted by Gasteiger charge is 2.41. The molecule has 0 radical (unpaired) electrons. The highest BCUT2D eigenvalue weighted by molar-refractivity contribution is 6.35. The van der Waals surface area contributed by atoms with Crippen molar-refractivity contribution < 1.29 is 9.90 Å². The normalized spacial score (nSPS) is 20.5. The van der Waals surface area contributed by atoms with Crippen molar-refractivity contribution in [3.8, 4) is 11.3 Å². The first-order chi connectivity index (χ1) is 14.8. The monoisotopic (exact) mass is 432 g/mol. The Balaban J connectivity index is 1.58. The van der Waals surface area contributed by atoms with Gasteiger partial charge in [0.2, 0.25) is 0 Å². The number of imidazole rings is 1. The van der Waals surface area contributed by atoms with Crippen LogP contribution in [0.25, 0.3) is 16.8 Å². The molecule has 1 aliphatic rings. The lowest BCUT2D eigenvalue weighted by molar-refractivity contribution is -0.0335. The third-order valence-electron chi connectivity index (χ3n) is 5.87. The number of hydrogen-bond donors (Lipinski definition) is 2. The van der Waals surface area contributed by atoms with Crippen LogP contribution in [0.5, 0.6) is 0 Å². The summed E-state index contributed by atoms with van der Waals surface area (Å²) in [6.07, 6.45) is 4.75. The predicted molar refractivity (Wildman–Crippen MR) is 120 cm³/mol. The molecule has 3 N–H and O–H groups in total. The number of fused-ring (bicyclic) bond motifs is 1. The van der Waals surface area contributed by atoms with Crippen molar-refractivity contribution in [2.75, 3.05) is 5.73 Å². The van der Waals surface area contributed by atoms with E-state index in [1.807, 2.05) is 41.8 Å². The van der Waals surface area contributed by atoms with E-state index < -0.39 is 5.60 Å². The number of carbonyl (C=O) groups is 1. The van der Waals surface area contributed by atoms with Crippen molar-refractivity contribution >= 4 is 28.7 Å². The number of nitrogen functional groups attached to an aromatic ring is 1. The standard InChI is InChI=1S/C24H21ClN4O2/c1-24(31)12-16(13-24)23-28-19(20-22(26)27-9-10-29(20)23)15-7-8-17(18(25)11-15)21(30)14-5-3-2-4-6-14/h2-11,16,31H,12-13H2,1H3,(H2,26,27)/t16-,24-. The highest BCUT2D eigenvalue weighted by atomic mass is 35.5. The Labute approximate surface area is 184 Å². The van der Waals surface area contributed by atoms with Crippen molar-refractivity contribution in [1.29, 1.82) is 0 Å². The fourth-order valence-corrected chi connectivity index (χ4v) is 4.62. The maximum atomic E-state index is 12.8. The Kier molecular flexibility index (Phi) is 4.57. The zero-order chi connectivity index (χ0) is 21.8. The van der Waals surface area contributed by atoms with Crippen LogP contribution >= 0.6 is 11.6 Å². The summed E-state index contributed by atoms with van der Waals surface area (Å²) in [4.78, 5) is 21.9. The number of anilines is 1. The lowest BCUT2D eigenvalue weighted by Gasteiger charge is -2.40. The molecule has 156 valence electrons. The second-order valence-electron chi connectivity index (χ2n) is 8.34. The van der Waals surface area contributed by atoms with Crippen LogP contribution in [-0.4, -0.2) is 30.9 Å². The number of carbonyl (C=O) groups excluding carboxylic acids is 1. The second kappa shape index (κ2) is 7.18. The van der Waals surface area contributed by atoms with E-state index in [1.165, 1.54) is 0 Å². The van der Waals surface area contributed by atoms with Crippen LogP contribution in [0.4, 0.5) is 5.82 Å². The maximum absolute atomic E-state index is 12.8. The fourth-order valence-electron chi connectivity index (χ4n) is 4.35. The molecule has 1 fully saturated rings. The lowest BCUT2D eigenvalue weighted by atomic mass is 9.72. The first-order valence-electron chi connectivity index (χ1n) is 10.1. The number of aliphatic hydroxyl groups is 1. The number of rotatable bonds is 4. The van der Waals surface area contributed by atoms with Gasteiger partial charge in [-0.3, -0.25) is 9.20 Å². The van der Waals surface area contributed by atoms with E-state index in [9.17, 15) is 9.90 Å². The minimum atomic E-state index is -0.669. The zero-order valence-electron chi connectivity index (χ0n) is 16.9. The van der Waals surface area contributed by atoms with E-state index in [1.54, 1.807) is 30.5 Å². The first kappa shape index (κ1) is 19.7. The largest absolute Gasteiger partial charge is 0.390 e. The van der Waals surface area contributed by atoms with Crippen LogP contribution in [0.2, 0.25) is 5.02 Å². The van der Waals surface area contributed by atoms with E-state index in [-0.39, 0.29) is 11.7 Å². The average Bonchev–Trinajstić information content (AvgIpc) is 3.13. The molecule has 31 heavy (non-hydrogen) atoms. The number of nitrogens with two attached hydrogens (primary N) is 1. The van der Waals surface area contributed by atoms with E-state index in [0.29, 0.717) is 46.0 Å². The van der Waals surface area contributed by atoms with Gasteiger partial charge in [-0.2, -0.15) is 0 Å². The Morgan fingerprint density at radius 2 is 1.97 bits per heavy atom. The summed E-state index contributed by atoms with van der Waals surface area (Å²) < 4.78 is 1.94. The van der Waals surface area contributed by atoms with Crippen LogP contribution in [0.3, 0.4) is 0 Å². The number of aromatic nitrogens is 3. The molecule has 0 amide bonds. The molecule has 5 rings (SSSR count). The van der Waals surface area contributed by atoms with Gasteiger partial charge in [-0.05, 0) is 31.9 Å². The van der Waals surface area contributed by atoms with Crippen molar-refractivity contribution in [3.05, 3.63) is 82.9 Å². The molecule has 7 heteroatoms. The van der Waals surface area contributed by atoms with Crippen molar-refractivity contribution in [1.82, 2.24) is 14.4 Å². The molecule has 0 unspecified atom stereocenters. The molecule has 1 aliphatic carbocycles. The third kappa shape index (κ3) is 3.38. The summed E-state index contributed by atoms with van der Waals surface area (Å²) in [5, 5.41) is 10.5. The van der Waals surface area contributed by atoms with Crippen LogP contribution in [-0.2, 0) is 0 Å². The van der Waals surface area contributed by atoms with Gasteiger partial charge in [0.25, 0.3) is 0 Å². The van der Waals surface area contributed by atoms with Crippen LogP contribution in [0.1, 0.15) is 47.4 Å². The maximum Gasteiger partial charge on any atom is 0.194 e.